The van der Waals surface area contributed by atoms with E-state index in [-0.39, 0.29) is 17.5 Å². The van der Waals surface area contributed by atoms with E-state index in [4.69, 9.17) is 9.40 Å². The molecule has 1 amide bonds. The van der Waals surface area contributed by atoms with Crippen LogP contribution in [0.3, 0.4) is 0 Å². The Morgan fingerprint density at radius 3 is 2.56 bits per heavy atom. The molecule has 2 aromatic heterocycles. The van der Waals surface area contributed by atoms with Crippen LogP contribution in [-0.4, -0.2) is 51.4 Å². The molecule has 0 spiro atoms. The zero-order chi connectivity index (χ0) is 19.0. The zero-order valence-electron chi connectivity index (χ0n) is 15.5. The van der Waals surface area contributed by atoms with Gasteiger partial charge in [-0.05, 0) is 31.2 Å². The SMILES string of the molecule is CC(c1nc2ccccc2c(=O)n1C)N1CCN(C(=O)c2ccco2)CC1. The molecule has 0 saturated carbocycles. The van der Waals surface area contributed by atoms with E-state index in [9.17, 15) is 9.59 Å². The summed E-state index contributed by atoms with van der Waals surface area (Å²) in [6.07, 6.45) is 1.51. The molecule has 0 N–H and O–H groups in total. The third-order valence-corrected chi connectivity index (χ3v) is 5.27. The molecule has 0 radical (unpaired) electrons. The van der Waals surface area contributed by atoms with Crippen molar-refractivity contribution in [3.63, 3.8) is 0 Å². The smallest absolute Gasteiger partial charge is 0.289 e. The Balaban J connectivity index is 1.52. The van der Waals surface area contributed by atoms with Crippen molar-refractivity contribution in [1.82, 2.24) is 19.4 Å². The molecule has 3 heterocycles. The topological polar surface area (TPSA) is 71.6 Å². The van der Waals surface area contributed by atoms with E-state index in [1.165, 1.54) is 6.26 Å². The maximum atomic E-state index is 12.7. The zero-order valence-corrected chi connectivity index (χ0v) is 15.5. The highest BCUT2D eigenvalue weighted by molar-refractivity contribution is 5.91. The minimum absolute atomic E-state index is 0.0202. The van der Waals surface area contributed by atoms with E-state index in [0.29, 0.717) is 29.8 Å². The number of benzene rings is 1. The number of piperazine rings is 1. The van der Waals surface area contributed by atoms with Gasteiger partial charge in [-0.3, -0.25) is 19.1 Å². The van der Waals surface area contributed by atoms with E-state index in [1.54, 1.807) is 34.7 Å². The summed E-state index contributed by atoms with van der Waals surface area (Å²) < 4.78 is 6.84. The summed E-state index contributed by atoms with van der Waals surface area (Å²) in [5, 5.41) is 0.629. The monoisotopic (exact) mass is 366 g/mol. The lowest BCUT2D eigenvalue weighted by molar-refractivity contribution is 0.0543. The predicted octanol–water partition coefficient (Wildman–Crippen LogP) is 2.05. The number of aromatic nitrogens is 2. The fraction of sp³-hybridized carbons (Fsp3) is 0.350. The van der Waals surface area contributed by atoms with Crippen molar-refractivity contribution in [3.8, 4) is 0 Å². The van der Waals surface area contributed by atoms with Crippen LogP contribution in [0, 0.1) is 0 Å². The standard InChI is InChI=1S/C20H22N4O3/c1-14(18-21-16-7-4-3-6-15(16)19(25)22(18)2)23-9-11-24(12-10-23)20(26)17-8-5-13-27-17/h3-8,13-14H,9-12H2,1-2H3. The number of carbonyl (C=O) groups excluding carboxylic acids is 1. The number of hydrogen-bond donors (Lipinski definition) is 0. The van der Waals surface area contributed by atoms with Gasteiger partial charge < -0.3 is 9.32 Å². The molecule has 7 heteroatoms. The van der Waals surface area contributed by atoms with E-state index >= 15 is 0 Å². The first kappa shape index (κ1) is 17.5. The first-order valence-corrected chi connectivity index (χ1v) is 9.09. The third kappa shape index (κ3) is 3.14. The largest absolute Gasteiger partial charge is 0.459 e. The predicted molar refractivity (Wildman–Crippen MR) is 102 cm³/mol. The molecule has 27 heavy (non-hydrogen) atoms. The molecule has 0 aliphatic carbocycles. The van der Waals surface area contributed by atoms with Crippen LogP contribution in [-0.2, 0) is 7.05 Å². The molecule has 1 aliphatic rings. The lowest BCUT2D eigenvalue weighted by Gasteiger charge is -2.37. The first-order valence-electron chi connectivity index (χ1n) is 9.09. The lowest BCUT2D eigenvalue weighted by Crippen LogP contribution is -2.49. The maximum absolute atomic E-state index is 12.7. The minimum atomic E-state index is -0.0801. The van der Waals surface area contributed by atoms with Crippen molar-refractivity contribution in [2.75, 3.05) is 26.2 Å². The minimum Gasteiger partial charge on any atom is -0.459 e. The van der Waals surface area contributed by atoms with Crippen molar-refractivity contribution >= 4 is 16.8 Å². The normalized spacial score (nSPS) is 16.6. The van der Waals surface area contributed by atoms with Gasteiger partial charge in [0.1, 0.15) is 5.82 Å². The van der Waals surface area contributed by atoms with Gasteiger partial charge in [0.2, 0.25) is 0 Å². The Hall–Kier alpha value is -2.93. The number of amides is 1. The summed E-state index contributed by atoms with van der Waals surface area (Å²) in [5.41, 5.74) is 0.683. The molecule has 1 atom stereocenters. The number of rotatable bonds is 3. The summed E-state index contributed by atoms with van der Waals surface area (Å²) in [6, 6.07) is 10.8. The van der Waals surface area contributed by atoms with Crippen LogP contribution in [0.2, 0.25) is 0 Å². The van der Waals surface area contributed by atoms with Crippen LogP contribution in [0.1, 0.15) is 29.3 Å². The highest BCUT2D eigenvalue weighted by Crippen LogP contribution is 2.21. The van der Waals surface area contributed by atoms with Crippen LogP contribution >= 0.6 is 0 Å². The van der Waals surface area contributed by atoms with Gasteiger partial charge in [0.25, 0.3) is 11.5 Å². The van der Waals surface area contributed by atoms with Crippen LogP contribution in [0.25, 0.3) is 10.9 Å². The van der Waals surface area contributed by atoms with E-state index < -0.39 is 0 Å². The van der Waals surface area contributed by atoms with Crippen molar-refractivity contribution < 1.29 is 9.21 Å². The van der Waals surface area contributed by atoms with Crippen LogP contribution in [0.4, 0.5) is 0 Å². The van der Waals surface area contributed by atoms with E-state index in [0.717, 1.165) is 18.9 Å². The molecule has 4 rings (SSSR count). The highest BCUT2D eigenvalue weighted by Gasteiger charge is 2.28. The van der Waals surface area contributed by atoms with Gasteiger partial charge >= 0.3 is 0 Å². The van der Waals surface area contributed by atoms with Crippen molar-refractivity contribution in [1.29, 1.82) is 0 Å². The Morgan fingerprint density at radius 2 is 1.85 bits per heavy atom. The van der Waals surface area contributed by atoms with Crippen LogP contribution in [0.5, 0.6) is 0 Å². The summed E-state index contributed by atoms with van der Waals surface area (Å²) in [4.78, 5) is 33.8. The van der Waals surface area contributed by atoms with Crippen LogP contribution < -0.4 is 5.56 Å². The van der Waals surface area contributed by atoms with E-state index in [1.807, 2.05) is 18.2 Å². The molecule has 0 bridgehead atoms. The summed E-state index contributed by atoms with van der Waals surface area (Å²) in [7, 11) is 1.77. The van der Waals surface area contributed by atoms with Crippen molar-refractivity contribution in [2.24, 2.45) is 7.05 Å². The number of para-hydroxylation sites is 1. The quantitative estimate of drug-likeness (QED) is 0.709. The Morgan fingerprint density at radius 1 is 1.11 bits per heavy atom. The summed E-state index contributed by atoms with van der Waals surface area (Å²) in [6.45, 7) is 4.73. The molecule has 1 aliphatic heterocycles. The lowest BCUT2D eigenvalue weighted by atomic mass is 10.2. The molecule has 7 nitrogen and oxygen atoms in total. The first-order chi connectivity index (χ1) is 13.1. The molecule has 1 unspecified atom stereocenters. The van der Waals surface area contributed by atoms with Gasteiger partial charge in [-0.2, -0.15) is 0 Å². The fourth-order valence-electron chi connectivity index (χ4n) is 3.64. The Kier molecular flexibility index (Phi) is 4.53. The fourth-order valence-corrected chi connectivity index (χ4v) is 3.64. The van der Waals surface area contributed by atoms with Gasteiger partial charge in [0, 0.05) is 33.2 Å². The second kappa shape index (κ2) is 7.00. The molecular weight excluding hydrogens is 344 g/mol. The number of furan rings is 1. The molecule has 1 aromatic carbocycles. The number of nitrogens with zero attached hydrogens (tertiary/aromatic N) is 4. The van der Waals surface area contributed by atoms with E-state index in [2.05, 4.69) is 11.8 Å². The highest BCUT2D eigenvalue weighted by atomic mass is 16.3. The number of fused-ring (bicyclic) bond motifs is 1. The van der Waals surface area contributed by atoms with Crippen LogP contribution in [0.15, 0.2) is 51.9 Å². The average molecular weight is 366 g/mol. The van der Waals surface area contributed by atoms with Gasteiger partial charge in [-0.1, -0.05) is 12.1 Å². The second-order valence-electron chi connectivity index (χ2n) is 6.83. The molecule has 1 fully saturated rings. The van der Waals surface area contributed by atoms with Gasteiger partial charge in [-0.15, -0.1) is 0 Å². The second-order valence-corrected chi connectivity index (χ2v) is 6.83. The average Bonchev–Trinajstić information content (AvgIpc) is 3.24. The number of hydrogen-bond acceptors (Lipinski definition) is 5. The van der Waals surface area contributed by atoms with Crippen molar-refractivity contribution in [2.45, 2.75) is 13.0 Å². The van der Waals surface area contributed by atoms with Gasteiger partial charge in [0.05, 0.1) is 23.2 Å². The maximum Gasteiger partial charge on any atom is 0.289 e. The number of carbonyl (C=O) groups is 1. The Labute approximate surface area is 156 Å². The third-order valence-electron chi connectivity index (χ3n) is 5.27. The summed E-state index contributed by atoms with van der Waals surface area (Å²) in [5.74, 6) is 1.03. The summed E-state index contributed by atoms with van der Waals surface area (Å²) >= 11 is 0. The Bertz CT molecular complexity index is 1020. The molecule has 140 valence electrons. The van der Waals surface area contributed by atoms with Gasteiger partial charge in [-0.25, -0.2) is 4.98 Å². The van der Waals surface area contributed by atoms with Crippen molar-refractivity contribution in [3.05, 3.63) is 64.6 Å². The molecule has 3 aromatic rings. The van der Waals surface area contributed by atoms with Gasteiger partial charge in [0.15, 0.2) is 5.76 Å². The molecule has 1 saturated heterocycles. The molecular formula is C20H22N4O3.